The summed E-state index contributed by atoms with van der Waals surface area (Å²) < 4.78 is 6.07. The zero-order chi connectivity index (χ0) is 12.3. The molecule has 0 fully saturated rings. The lowest BCUT2D eigenvalue weighted by molar-refractivity contribution is -0.129. The molecule has 1 rings (SSSR count). The fraction of sp³-hybridized carbons (Fsp3) is 0.400. The van der Waals surface area contributed by atoms with Crippen molar-refractivity contribution < 1.29 is 14.3 Å². The monoisotopic (exact) mass is 225 g/mol. The Morgan fingerprint density at radius 1 is 1.50 bits per heavy atom. The Morgan fingerprint density at radius 3 is 2.62 bits per heavy atom. The summed E-state index contributed by atoms with van der Waals surface area (Å²) in [5, 5.41) is 0. The quantitative estimate of drug-likeness (QED) is 0.731. The number of nitrogens with zero attached hydrogens (tertiary/aromatic N) is 2. The van der Waals surface area contributed by atoms with E-state index in [1.54, 1.807) is 14.1 Å². The number of carbonyl (C=O) groups excluding carboxylic acids is 2. The summed E-state index contributed by atoms with van der Waals surface area (Å²) in [5.41, 5.74) is 6.27. The third kappa shape index (κ3) is 2.53. The molecule has 0 saturated carbocycles. The summed E-state index contributed by atoms with van der Waals surface area (Å²) in [4.78, 5) is 24.3. The van der Waals surface area contributed by atoms with Crippen LogP contribution in [-0.4, -0.2) is 42.5 Å². The Balaban J connectivity index is 2.95. The van der Waals surface area contributed by atoms with Gasteiger partial charge in [0.2, 0.25) is 5.91 Å². The number of hydrogen-bond donors (Lipinski definition) is 1. The summed E-state index contributed by atoms with van der Waals surface area (Å²) in [6.07, 6.45) is 1.54. The van der Waals surface area contributed by atoms with Gasteiger partial charge in [0.15, 0.2) is 0 Å². The zero-order valence-corrected chi connectivity index (χ0v) is 9.56. The zero-order valence-electron chi connectivity index (χ0n) is 9.56. The largest absolute Gasteiger partial charge is 0.464 e. The summed E-state index contributed by atoms with van der Waals surface area (Å²) in [5.74, 6) is -0.635. The van der Waals surface area contributed by atoms with Gasteiger partial charge in [-0.1, -0.05) is 0 Å². The molecule has 0 spiro atoms. The minimum atomic E-state index is -0.511. The van der Waals surface area contributed by atoms with Crippen LogP contribution in [0.25, 0.3) is 0 Å². The second kappa shape index (κ2) is 4.69. The van der Waals surface area contributed by atoms with Gasteiger partial charge in [0.1, 0.15) is 12.2 Å². The van der Waals surface area contributed by atoms with Crippen molar-refractivity contribution in [2.75, 3.05) is 26.9 Å². The highest BCUT2D eigenvalue weighted by molar-refractivity contribution is 5.89. The van der Waals surface area contributed by atoms with Crippen LogP contribution in [0.1, 0.15) is 10.5 Å². The maximum atomic E-state index is 11.5. The second-order valence-corrected chi connectivity index (χ2v) is 3.57. The molecule has 0 aliphatic rings. The molecule has 88 valence electrons. The standard InChI is InChI=1S/C10H15N3O3/c1-12(2)9(14)6-13-5-7(11)4-8(13)10(15)16-3/h4-5H,6,11H2,1-3H3. The lowest BCUT2D eigenvalue weighted by Crippen LogP contribution is -2.27. The van der Waals surface area contributed by atoms with Gasteiger partial charge in [-0.25, -0.2) is 4.79 Å². The van der Waals surface area contributed by atoms with Crippen LogP contribution in [-0.2, 0) is 16.1 Å². The molecule has 2 N–H and O–H groups in total. The SMILES string of the molecule is COC(=O)c1cc(N)cn1CC(=O)N(C)C. The highest BCUT2D eigenvalue weighted by Gasteiger charge is 2.15. The van der Waals surface area contributed by atoms with E-state index in [-0.39, 0.29) is 18.1 Å². The molecule has 1 heterocycles. The first-order chi connectivity index (χ1) is 7.45. The first-order valence-electron chi connectivity index (χ1n) is 4.69. The third-order valence-electron chi connectivity index (χ3n) is 2.12. The lowest BCUT2D eigenvalue weighted by Gasteiger charge is -2.12. The van der Waals surface area contributed by atoms with Crippen molar-refractivity contribution in [2.24, 2.45) is 0 Å². The van der Waals surface area contributed by atoms with Gasteiger partial charge in [-0.05, 0) is 6.07 Å². The van der Waals surface area contributed by atoms with Gasteiger partial charge in [0, 0.05) is 20.3 Å². The first kappa shape index (κ1) is 12.1. The molecule has 0 saturated heterocycles. The number of nitrogen functional groups attached to an aromatic ring is 1. The summed E-state index contributed by atoms with van der Waals surface area (Å²) in [6.45, 7) is 0.0641. The van der Waals surface area contributed by atoms with Crippen LogP contribution in [0.3, 0.4) is 0 Å². The van der Waals surface area contributed by atoms with Crippen molar-refractivity contribution in [3.8, 4) is 0 Å². The minimum Gasteiger partial charge on any atom is -0.464 e. The van der Waals surface area contributed by atoms with E-state index >= 15 is 0 Å². The number of anilines is 1. The number of amides is 1. The Morgan fingerprint density at radius 2 is 2.12 bits per heavy atom. The second-order valence-electron chi connectivity index (χ2n) is 3.57. The van der Waals surface area contributed by atoms with Gasteiger partial charge in [-0.15, -0.1) is 0 Å². The number of hydrogen-bond acceptors (Lipinski definition) is 4. The van der Waals surface area contributed by atoms with E-state index in [0.29, 0.717) is 5.69 Å². The fourth-order valence-corrected chi connectivity index (χ4v) is 1.23. The van der Waals surface area contributed by atoms with Crippen LogP contribution >= 0.6 is 0 Å². The van der Waals surface area contributed by atoms with Crippen molar-refractivity contribution in [3.63, 3.8) is 0 Å². The van der Waals surface area contributed by atoms with E-state index in [1.807, 2.05) is 0 Å². The molecule has 6 heteroatoms. The van der Waals surface area contributed by atoms with Crippen LogP contribution in [0, 0.1) is 0 Å². The van der Waals surface area contributed by atoms with Gasteiger partial charge in [-0.3, -0.25) is 4.79 Å². The molecule has 1 aromatic rings. The summed E-state index contributed by atoms with van der Waals surface area (Å²) in [7, 11) is 4.57. The number of likely N-dealkylation sites (N-methyl/N-ethyl adjacent to an activating group) is 1. The first-order valence-corrected chi connectivity index (χ1v) is 4.69. The molecule has 16 heavy (non-hydrogen) atoms. The van der Waals surface area contributed by atoms with E-state index < -0.39 is 5.97 Å². The molecule has 1 amide bonds. The predicted molar refractivity (Wildman–Crippen MR) is 58.9 cm³/mol. The van der Waals surface area contributed by atoms with Crippen LogP contribution in [0.4, 0.5) is 5.69 Å². The Labute approximate surface area is 93.6 Å². The smallest absolute Gasteiger partial charge is 0.354 e. The van der Waals surface area contributed by atoms with Crippen molar-refractivity contribution >= 4 is 17.6 Å². The van der Waals surface area contributed by atoms with Gasteiger partial charge in [-0.2, -0.15) is 0 Å². The maximum absolute atomic E-state index is 11.5. The molecular formula is C10H15N3O3. The molecule has 0 atom stereocenters. The highest BCUT2D eigenvalue weighted by Crippen LogP contribution is 2.11. The van der Waals surface area contributed by atoms with Crippen molar-refractivity contribution in [1.29, 1.82) is 0 Å². The molecule has 6 nitrogen and oxygen atoms in total. The number of carbonyl (C=O) groups is 2. The number of aromatic nitrogens is 1. The predicted octanol–water partition coefficient (Wildman–Crippen LogP) is -0.0549. The maximum Gasteiger partial charge on any atom is 0.354 e. The number of esters is 1. The average molecular weight is 225 g/mol. The summed E-state index contributed by atoms with van der Waals surface area (Å²) >= 11 is 0. The van der Waals surface area contributed by atoms with Gasteiger partial charge >= 0.3 is 5.97 Å². The van der Waals surface area contributed by atoms with E-state index in [1.165, 1.54) is 28.8 Å². The van der Waals surface area contributed by atoms with Crippen molar-refractivity contribution in [3.05, 3.63) is 18.0 Å². The highest BCUT2D eigenvalue weighted by atomic mass is 16.5. The fourth-order valence-electron chi connectivity index (χ4n) is 1.23. The van der Waals surface area contributed by atoms with Crippen molar-refractivity contribution in [1.82, 2.24) is 9.47 Å². The Kier molecular flexibility index (Phi) is 3.55. The van der Waals surface area contributed by atoms with E-state index in [9.17, 15) is 9.59 Å². The molecule has 0 aromatic carbocycles. The van der Waals surface area contributed by atoms with E-state index in [0.717, 1.165) is 0 Å². The third-order valence-corrected chi connectivity index (χ3v) is 2.12. The molecule has 0 radical (unpaired) electrons. The Bertz CT molecular complexity index is 409. The normalized spacial score (nSPS) is 9.94. The van der Waals surface area contributed by atoms with Gasteiger partial charge in [0.25, 0.3) is 0 Å². The minimum absolute atomic E-state index is 0.0641. The number of nitrogens with two attached hydrogens (primary N) is 1. The summed E-state index contributed by atoms with van der Waals surface area (Å²) in [6, 6.07) is 1.48. The van der Waals surface area contributed by atoms with Crippen LogP contribution in [0.15, 0.2) is 12.3 Å². The number of methoxy groups -OCH3 is 1. The van der Waals surface area contributed by atoms with E-state index in [4.69, 9.17) is 5.73 Å². The number of ether oxygens (including phenoxy) is 1. The van der Waals surface area contributed by atoms with Crippen LogP contribution in [0.5, 0.6) is 0 Å². The lowest BCUT2D eigenvalue weighted by atomic mass is 10.4. The van der Waals surface area contributed by atoms with Gasteiger partial charge < -0.3 is 19.9 Å². The molecule has 0 aliphatic carbocycles. The Hall–Kier alpha value is -1.98. The molecule has 1 aromatic heterocycles. The average Bonchev–Trinajstić information content (AvgIpc) is 2.58. The molecule has 0 bridgehead atoms. The van der Waals surface area contributed by atoms with Crippen LogP contribution in [0.2, 0.25) is 0 Å². The topological polar surface area (TPSA) is 77.6 Å². The molecular weight excluding hydrogens is 210 g/mol. The number of rotatable bonds is 3. The van der Waals surface area contributed by atoms with Gasteiger partial charge in [0.05, 0.1) is 12.8 Å². The van der Waals surface area contributed by atoms with Crippen molar-refractivity contribution in [2.45, 2.75) is 6.54 Å². The molecule has 0 unspecified atom stereocenters. The van der Waals surface area contributed by atoms with E-state index in [2.05, 4.69) is 4.74 Å². The molecule has 0 aliphatic heterocycles. The van der Waals surface area contributed by atoms with Crippen LogP contribution < -0.4 is 5.73 Å².